The third-order valence-electron chi connectivity index (χ3n) is 3.72. The van der Waals surface area contributed by atoms with Gasteiger partial charge in [0.25, 0.3) is 0 Å². The first-order valence-corrected chi connectivity index (χ1v) is 7.06. The average molecular weight is 292 g/mol. The van der Waals surface area contributed by atoms with Gasteiger partial charge in [-0.2, -0.15) is 0 Å². The number of carboxylic acid groups (broad SMARTS) is 1. The van der Waals surface area contributed by atoms with E-state index in [1.807, 2.05) is 42.5 Å². The van der Waals surface area contributed by atoms with Crippen LogP contribution in [0.15, 0.2) is 60.8 Å². The van der Waals surface area contributed by atoms with Gasteiger partial charge in [0.15, 0.2) is 0 Å². The monoisotopic (exact) mass is 292 g/mol. The molecule has 4 heteroatoms. The lowest BCUT2D eigenvalue weighted by molar-refractivity contribution is 0.0697. The summed E-state index contributed by atoms with van der Waals surface area (Å²) in [6.45, 7) is 0. The largest absolute Gasteiger partial charge is 0.478 e. The van der Waals surface area contributed by atoms with Crippen LogP contribution in [0.4, 0.5) is 0 Å². The third kappa shape index (κ3) is 2.82. The summed E-state index contributed by atoms with van der Waals surface area (Å²) in [6, 6.07) is 16.5. The zero-order valence-electron chi connectivity index (χ0n) is 11.9. The van der Waals surface area contributed by atoms with Crippen LogP contribution in [-0.4, -0.2) is 16.1 Å². The first-order chi connectivity index (χ1) is 10.6. The quantitative estimate of drug-likeness (QED) is 0.774. The molecule has 1 heterocycles. The van der Waals surface area contributed by atoms with Crippen molar-refractivity contribution in [3.05, 3.63) is 77.5 Å². The fourth-order valence-corrected chi connectivity index (χ4v) is 2.57. The minimum Gasteiger partial charge on any atom is -0.478 e. The Morgan fingerprint density at radius 2 is 1.82 bits per heavy atom. The number of aromatic nitrogens is 1. The van der Waals surface area contributed by atoms with E-state index in [9.17, 15) is 4.79 Å². The first kappa shape index (κ1) is 14.2. The van der Waals surface area contributed by atoms with Gasteiger partial charge in [-0.25, -0.2) is 4.79 Å². The van der Waals surface area contributed by atoms with Crippen molar-refractivity contribution >= 4 is 16.9 Å². The Labute approximate surface area is 128 Å². The Morgan fingerprint density at radius 1 is 1.09 bits per heavy atom. The van der Waals surface area contributed by atoms with E-state index >= 15 is 0 Å². The van der Waals surface area contributed by atoms with Crippen LogP contribution in [0.1, 0.15) is 27.5 Å². The van der Waals surface area contributed by atoms with Crippen LogP contribution in [0.3, 0.4) is 0 Å². The Balaban J connectivity index is 1.87. The number of pyridine rings is 1. The maximum absolute atomic E-state index is 10.9. The number of nitrogens with two attached hydrogens (primary N) is 1. The van der Waals surface area contributed by atoms with Crippen molar-refractivity contribution in [1.29, 1.82) is 0 Å². The predicted octanol–water partition coefficient (Wildman–Crippen LogP) is 3.18. The summed E-state index contributed by atoms with van der Waals surface area (Å²) in [7, 11) is 0. The van der Waals surface area contributed by atoms with Crippen LogP contribution < -0.4 is 5.73 Å². The standard InChI is InChI=1S/C18H16N2O2/c19-16(11-12-6-8-14(9-7-12)18(21)22)15-5-1-3-13-4-2-10-20-17(13)15/h1-10,16H,11,19H2,(H,21,22). The zero-order chi connectivity index (χ0) is 15.5. The first-order valence-electron chi connectivity index (χ1n) is 7.06. The molecule has 1 atom stereocenters. The molecular weight excluding hydrogens is 276 g/mol. The molecule has 3 N–H and O–H groups in total. The fourth-order valence-electron chi connectivity index (χ4n) is 2.57. The lowest BCUT2D eigenvalue weighted by Gasteiger charge is -2.14. The Morgan fingerprint density at radius 3 is 2.55 bits per heavy atom. The molecule has 0 aliphatic rings. The Bertz CT molecular complexity index is 807. The van der Waals surface area contributed by atoms with Gasteiger partial charge in [-0.1, -0.05) is 36.4 Å². The summed E-state index contributed by atoms with van der Waals surface area (Å²) in [4.78, 5) is 15.3. The number of benzene rings is 2. The van der Waals surface area contributed by atoms with Gasteiger partial charge in [-0.05, 0) is 35.7 Å². The SMILES string of the molecule is NC(Cc1ccc(C(=O)O)cc1)c1cccc2cccnc12. The molecule has 0 fully saturated rings. The summed E-state index contributed by atoms with van der Waals surface area (Å²) >= 11 is 0. The molecule has 3 rings (SSSR count). The van der Waals surface area contributed by atoms with Crippen molar-refractivity contribution in [1.82, 2.24) is 4.98 Å². The highest BCUT2D eigenvalue weighted by atomic mass is 16.4. The molecule has 0 aliphatic carbocycles. The Kier molecular flexibility index (Phi) is 3.85. The number of para-hydroxylation sites is 1. The lowest BCUT2D eigenvalue weighted by Crippen LogP contribution is -2.14. The van der Waals surface area contributed by atoms with Gasteiger partial charge in [-0.3, -0.25) is 4.98 Å². The molecule has 0 amide bonds. The maximum Gasteiger partial charge on any atom is 0.335 e. The number of fused-ring (bicyclic) bond motifs is 1. The van der Waals surface area contributed by atoms with E-state index in [0.717, 1.165) is 22.0 Å². The highest BCUT2D eigenvalue weighted by Gasteiger charge is 2.12. The van der Waals surface area contributed by atoms with Gasteiger partial charge in [0, 0.05) is 17.6 Å². The smallest absolute Gasteiger partial charge is 0.335 e. The van der Waals surface area contributed by atoms with E-state index in [4.69, 9.17) is 10.8 Å². The number of hydrogen-bond acceptors (Lipinski definition) is 3. The van der Waals surface area contributed by atoms with Gasteiger partial charge in [0.05, 0.1) is 11.1 Å². The lowest BCUT2D eigenvalue weighted by atomic mass is 9.97. The number of aromatic carboxylic acids is 1. The highest BCUT2D eigenvalue weighted by Crippen LogP contribution is 2.23. The summed E-state index contributed by atoms with van der Waals surface area (Å²) < 4.78 is 0. The van der Waals surface area contributed by atoms with E-state index in [2.05, 4.69) is 4.98 Å². The van der Waals surface area contributed by atoms with Crippen LogP contribution >= 0.6 is 0 Å². The molecule has 0 aliphatic heterocycles. The normalized spacial score (nSPS) is 12.2. The van der Waals surface area contributed by atoms with Crippen LogP contribution in [0.2, 0.25) is 0 Å². The summed E-state index contributed by atoms with van der Waals surface area (Å²) in [5.41, 5.74) is 9.54. The van der Waals surface area contributed by atoms with E-state index < -0.39 is 5.97 Å². The summed E-state index contributed by atoms with van der Waals surface area (Å²) in [5, 5.41) is 9.99. The molecule has 0 spiro atoms. The maximum atomic E-state index is 10.9. The predicted molar refractivity (Wildman–Crippen MR) is 85.8 cm³/mol. The van der Waals surface area contributed by atoms with Gasteiger partial charge < -0.3 is 10.8 Å². The van der Waals surface area contributed by atoms with E-state index in [1.54, 1.807) is 18.3 Å². The van der Waals surface area contributed by atoms with Crippen LogP contribution in [0.5, 0.6) is 0 Å². The average Bonchev–Trinajstić information content (AvgIpc) is 2.54. The molecule has 0 saturated carbocycles. The van der Waals surface area contributed by atoms with E-state index in [-0.39, 0.29) is 11.6 Å². The van der Waals surface area contributed by atoms with Gasteiger partial charge >= 0.3 is 5.97 Å². The van der Waals surface area contributed by atoms with Crippen molar-refractivity contribution in [3.63, 3.8) is 0 Å². The molecule has 3 aromatic rings. The van der Waals surface area contributed by atoms with Crippen LogP contribution in [-0.2, 0) is 6.42 Å². The minimum absolute atomic E-state index is 0.186. The van der Waals surface area contributed by atoms with E-state index in [0.29, 0.717) is 6.42 Å². The summed E-state index contributed by atoms with van der Waals surface area (Å²) in [6.07, 6.45) is 2.40. The van der Waals surface area contributed by atoms with Crippen molar-refractivity contribution in [2.75, 3.05) is 0 Å². The van der Waals surface area contributed by atoms with Crippen LogP contribution in [0, 0.1) is 0 Å². The number of hydrogen-bond donors (Lipinski definition) is 2. The van der Waals surface area contributed by atoms with Crippen molar-refractivity contribution < 1.29 is 9.90 Å². The Hall–Kier alpha value is -2.72. The van der Waals surface area contributed by atoms with Crippen molar-refractivity contribution in [2.45, 2.75) is 12.5 Å². The number of nitrogens with zero attached hydrogens (tertiary/aromatic N) is 1. The highest BCUT2D eigenvalue weighted by molar-refractivity contribution is 5.87. The zero-order valence-corrected chi connectivity index (χ0v) is 11.9. The fraction of sp³-hybridized carbons (Fsp3) is 0.111. The molecule has 110 valence electrons. The third-order valence-corrected chi connectivity index (χ3v) is 3.72. The number of carboxylic acids is 1. The molecular formula is C18H16N2O2. The van der Waals surface area contributed by atoms with Gasteiger partial charge in [0.2, 0.25) is 0 Å². The molecule has 0 saturated heterocycles. The number of carbonyl (C=O) groups is 1. The minimum atomic E-state index is -0.922. The van der Waals surface area contributed by atoms with E-state index in [1.165, 1.54) is 0 Å². The van der Waals surface area contributed by atoms with Gasteiger partial charge in [-0.15, -0.1) is 0 Å². The van der Waals surface area contributed by atoms with Gasteiger partial charge in [0.1, 0.15) is 0 Å². The molecule has 22 heavy (non-hydrogen) atoms. The van der Waals surface area contributed by atoms with Crippen molar-refractivity contribution in [3.8, 4) is 0 Å². The molecule has 2 aromatic carbocycles. The molecule has 0 radical (unpaired) electrons. The molecule has 1 aromatic heterocycles. The molecule has 1 unspecified atom stereocenters. The number of rotatable bonds is 4. The van der Waals surface area contributed by atoms with Crippen molar-refractivity contribution in [2.24, 2.45) is 5.73 Å². The molecule has 4 nitrogen and oxygen atoms in total. The second kappa shape index (κ2) is 5.95. The van der Waals surface area contributed by atoms with Crippen LogP contribution in [0.25, 0.3) is 10.9 Å². The summed E-state index contributed by atoms with van der Waals surface area (Å²) in [5.74, 6) is -0.922. The molecule has 0 bridgehead atoms. The topological polar surface area (TPSA) is 76.2 Å². The second-order valence-electron chi connectivity index (χ2n) is 5.24. The second-order valence-corrected chi connectivity index (χ2v) is 5.24.